The maximum atomic E-state index is 10.9. The summed E-state index contributed by atoms with van der Waals surface area (Å²) < 4.78 is 8.10. The molecule has 0 N–H and O–H groups in total. The third kappa shape index (κ3) is 4.19. The minimum atomic E-state index is 0.250. The number of benzene rings is 2. The largest absolute Gasteiger partial charge is 0.487 e. The maximum absolute atomic E-state index is 10.9. The molecule has 0 amide bonds. The lowest BCUT2D eigenvalue weighted by Gasteiger charge is -2.54. The normalized spacial score (nSPS) is 23.0. The van der Waals surface area contributed by atoms with Crippen molar-refractivity contribution in [3.05, 3.63) is 70.5 Å². The van der Waals surface area contributed by atoms with E-state index in [-0.39, 0.29) is 5.41 Å². The van der Waals surface area contributed by atoms with Gasteiger partial charge in [-0.05, 0) is 89.8 Å². The van der Waals surface area contributed by atoms with Crippen LogP contribution < -0.4 is 4.74 Å². The van der Waals surface area contributed by atoms with Crippen molar-refractivity contribution in [2.75, 3.05) is 0 Å². The summed E-state index contributed by atoms with van der Waals surface area (Å²) in [6.07, 6.45) is 9.05. The molecule has 184 valence electrons. The van der Waals surface area contributed by atoms with Crippen LogP contribution in [0.25, 0.3) is 5.69 Å². The van der Waals surface area contributed by atoms with E-state index in [2.05, 4.69) is 57.1 Å². The highest BCUT2D eigenvalue weighted by molar-refractivity contribution is 5.75. The minimum absolute atomic E-state index is 0.250. The lowest BCUT2D eigenvalue weighted by Crippen LogP contribution is -2.48. The second-order valence-corrected chi connectivity index (χ2v) is 11.7. The Kier molecular flexibility index (Phi) is 6.06. The van der Waals surface area contributed by atoms with Gasteiger partial charge in [-0.1, -0.05) is 52.3 Å². The van der Waals surface area contributed by atoms with Crippen LogP contribution in [0.15, 0.2) is 42.6 Å². The van der Waals surface area contributed by atoms with E-state index >= 15 is 0 Å². The minimum Gasteiger partial charge on any atom is -0.487 e. The maximum Gasteiger partial charge on any atom is 0.150 e. The van der Waals surface area contributed by atoms with Gasteiger partial charge in [-0.25, -0.2) is 4.68 Å². The average molecular weight is 472 g/mol. The fourth-order valence-electron chi connectivity index (χ4n) is 7.00. The van der Waals surface area contributed by atoms with Gasteiger partial charge in [-0.15, -0.1) is 5.10 Å². The van der Waals surface area contributed by atoms with E-state index in [1.165, 1.54) is 36.8 Å². The first-order valence-corrected chi connectivity index (χ1v) is 13.0. The molecular weight excluding hydrogens is 434 g/mol. The number of aldehydes is 1. The molecule has 2 atom stereocenters. The molecule has 5 heteroatoms. The van der Waals surface area contributed by atoms with Crippen LogP contribution in [0.4, 0.5) is 0 Å². The fraction of sp³-hybridized carbons (Fsp3) is 0.500. The number of rotatable bonds is 6. The van der Waals surface area contributed by atoms with Crippen LogP contribution in [0.1, 0.15) is 99.0 Å². The first kappa shape index (κ1) is 23.8. The molecule has 2 aliphatic carbocycles. The van der Waals surface area contributed by atoms with Gasteiger partial charge in [0, 0.05) is 11.1 Å². The van der Waals surface area contributed by atoms with Crippen molar-refractivity contribution in [3.8, 4) is 11.4 Å². The van der Waals surface area contributed by atoms with E-state index in [9.17, 15) is 4.79 Å². The lowest BCUT2D eigenvalue weighted by atomic mass is 9.50. The van der Waals surface area contributed by atoms with E-state index in [1.54, 1.807) is 22.4 Å². The Morgan fingerprint density at radius 1 is 1.11 bits per heavy atom. The second kappa shape index (κ2) is 8.92. The molecule has 1 aromatic heterocycles. The van der Waals surface area contributed by atoms with Crippen molar-refractivity contribution in [3.63, 3.8) is 0 Å². The van der Waals surface area contributed by atoms with Crippen LogP contribution in [0.5, 0.6) is 5.75 Å². The van der Waals surface area contributed by atoms with E-state index in [4.69, 9.17) is 4.74 Å². The van der Waals surface area contributed by atoms with Gasteiger partial charge < -0.3 is 4.74 Å². The van der Waals surface area contributed by atoms with Crippen LogP contribution >= 0.6 is 0 Å². The molecule has 1 saturated carbocycles. The van der Waals surface area contributed by atoms with Gasteiger partial charge >= 0.3 is 0 Å². The van der Waals surface area contributed by atoms with Gasteiger partial charge in [-0.3, -0.25) is 4.79 Å². The topological polar surface area (TPSA) is 57.0 Å². The van der Waals surface area contributed by atoms with Crippen molar-refractivity contribution < 1.29 is 9.53 Å². The van der Waals surface area contributed by atoms with Crippen LogP contribution in [0, 0.1) is 11.3 Å². The molecule has 0 saturated heterocycles. The Bertz CT molecular complexity index is 1220. The number of carbonyl (C=O) groups is 1. The summed E-state index contributed by atoms with van der Waals surface area (Å²) in [7, 11) is 0. The summed E-state index contributed by atoms with van der Waals surface area (Å²) in [6, 6.07) is 11.8. The van der Waals surface area contributed by atoms with Crippen molar-refractivity contribution in [2.24, 2.45) is 11.3 Å². The van der Waals surface area contributed by atoms with Gasteiger partial charge in [0.15, 0.2) is 0 Å². The summed E-state index contributed by atoms with van der Waals surface area (Å²) in [6.45, 7) is 12.4. The molecule has 1 heterocycles. The highest BCUT2D eigenvalue weighted by Gasteiger charge is 2.50. The third-order valence-electron chi connectivity index (χ3n) is 8.63. The Morgan fingerprint density at radius 3 is 2.60 bits per heavy atom. The number of carbonyl (C=O) groups excluding carboxylic acids is 1. The highest BCUT2D eigenvalue weighted by Crippen LogP contribution is 2.58. The zero-order valence-electron chi connectivity index (χ0n) is 21.7. The number of hydrogen-bond acceptors (Lipinski definition) is 4. The average Bonchev–Trinajstić information content (AvgIpc) is 3.30. The summed E-state index contributed by atoms with van der Waals surface area (Å²) >= 11 is 0. The summed E-state index contributed by atoms with van der Waals surface area (Å²) in [5.41, 5.74) is 7.37. The summed E-state index contributed by atoms with van der Waals surface area (Å²) in [4.78, 5) is 10.9. The summed E-state index contributed by atoms with van der Waals surface area (Å²) in [5.74, 6) is 2.10. The molecule has 5 nitrogen and oxygen atoms in total. The molecule has 2 aromatic carbocycles. The zero-order chi connectivity index (χ0) is 24.8. The van der Waals surface area contributed by atoms with E-state index in [1.807, 2.05) is 18.3 Å². The molecule has 3 aromatic rings. The number of hydrogen-bond donors (Lipinski definition) is 0. The predicted octanol–water partition coefficient (Wildman–Crippen LogP) is 6.81. The van der Waals surface area contributed by atoms with Gasteiger partial charge in [0.25, 0.3) is 0 Å². The molecule has 0 spiro atoms. The molecule has 5 rings (SSSR count). The van der Waals surface area contributed by atoms with Gasteiger partial charge in [0.05, 0.1) is 11.9 Å². The molecule has 2 aliphatic rings. The zero-order valence-corrected chi connectivity index (χ0v) is 21.7. The summed E-state index contributed by atoms with van der Waals surface area (Å²) in [5, 5.41) is 8.56. The van der Waals surface area contributed by atoms with Gasteiger partial charge in [-0.2, -0.15) is 0 Å². The van der Waals surface area contributed by atoms with Crippen molar-refractivity contribution in [2.45, 2.75) is 84.7 Å². The van der Waals surface area contributed by atoms with Crippen LogP contribution in [-0.2, 0) is 18.4 Å². The Labute approximate surface area is 208 Å². The monoisotopic (exact) mass is 471 g/mol. The smallest absolute Gasteiger partial charge is 0.150 e. The first-order valence-electron chi connectivity index (χ1n) is 13.0. The van der Waals surface area contributed by atoms with Gasteiger partial charge in [0.2, 0.25) is 0 Å². The Balaban J connectivity index is 1.40. The van der Waals surface area contributed by atoms with E-state index < -0.39 is 0 Å². The van der Waals surface area contributed by atoms with Crippen LogP contribution in [0.3, 0.4) is 0 Å². The lowest BCUT2D eigenvalue weighted by molar-refractivity contribution is 0.0404. The molecule has 0 unspecified atom stereocenters. The quantitative estimate of drug-likeness (QED) is 0.371. The number of fused-ring (bicyclic) bond motifs is 3. The fourth-order valence-corrected chi connectivity index (χ4v) is 7.00. The molecule has 1 fully saturated rings. The van der Waals surface area contributed by atoms with Crippen LogP contribution in [-0.4, -0.2) is 21.3 Å². The molecule has 0 radical (unpaired) electrons. The van der Waals surface area contributed by atoms with Gasteiger partial charge in [0.1, 0.15) is 24.3 Å². The van der Waals surface area contributed by atoms with Crippen molar-refractivity contribution >= 4 is 6.29 Å². The second-order valence-electron chi connectivity index (χ2n) is 11.7. The molecule has 35 heavy (non-hydrogen) atoms. The van der Waals surface area contributed by atoms with Crippen LogP contribution in [0.2, 0.25) is 0 Å². The number of aromatic nitrogens is 3. The van der Waals surface area contributed by atoms with E-state index in [0.717, 1.165) is 35.8 Å². The van der Waals surface area contributed by atoms with Crippen molar-refractivity contribution in [1.82, 2.24) is 15.0 Å². The predicted molar refractivity (Wildman–Crippen MR) is 138 cm³/mol. The first-order chi connectivity index (χ1) is 16.7. The highest BCUT2D eigenvalue weighted by atomic mass is 16.5. The van der Waals surface area contributed by atoms with E-state index in [0.29, 0.717) is 23.5 Å². The standard InChI is InChI=1S/C30H37N3O2/c1-20(2)28-24-11-14-27-29(3,4)15-6-16-30(27,5)25(24)12-13-26(28)35-19-22-17-33(32-31-22)23-9-7-21(18-34)8-10-23/h7-10,12-13,17-18,20,27H,6,11,14-16,19H2,1-5H3/t27-,30+/m0/s1. The van der Waals surface area contributed by atoms with Crippen molar-refractivity contribution in [1.29, 1.82) is 0 Å². The third-order valence-corrected chi connectivity index (χ3v) is 8.63. The molecular formula is C30H37N3O2. The number of nitrogens with zero attached hydrogens (tertiary/aromatic N) is 3. The number of ether oxygens (including phenoxy) is 1. The molecule has 0 aliphatic heterocycles. The Morgan fingerprint density at radius 2 is 1.89 bits per heavy atom. The Hall–Kier alpha value is -2.95. The SMILES string of the molecule is CC(C)c1c(OCc2cn(-c3ccc(C=O)cc3)nn2)ccc2c1CC[C@H]1C(C)(C)CCC[C@]21C. The molecule has 0 bridgehead atoms.